The van der Waals surface area contributed by atoms with E-state index in [1.165, 1.54) is 30.4 Å². The van der Waals surface area contributed by atoms with Crippen LogP contribution in [0.15, 0.2) is 24.3 Å². The molecule has 3 N–H and O–H groups in total. The Kier molecular flexibility index (Phi) is 4.87. The van der Waals surface area contributed by atoms with Crippen LogP contribution in [-0.2, 0) is 6.42 Å². The Morgan fingerprint density at radius 2 is 2.10 bits per heavy atom. The maximum absolute atomic E-state index is 5.91. The number of rotatable bonds is 5. The summed E-state index contributed by atoms with van der Waals surface area (Å²) in [6.45, 7) is 9.30. The molecule has 0 bridgehead atoms. The van der Waals surface area contributed by atoms with Crippen molar-refractivity contribution in [3.8, 4) is 0 Å². The maximum atomic E-state index is 5.91. The van der Waals surface area contributed by atoms with Crippen LogP contribution in [0.4, 0.5) is 0 Å². The van der Waals surface area contributed by atoms with Crippen molar-refractivity contribution in [2.24, 2.45) is 23.1 Å². The Balaban J connectivity index is 2.23. The second kappa shape index (κ2) is 6.28. The smallest absolute Gasteiger partial charge is 0.0493 e. The standard InChI is InChI=1S/C18H30N2/c1-13(2)11-14-7-5-8-15(12-14)17(20-19)16-9-6-10-18(16,3)4/h5,7-8,12-13,16-17,20H,6,9-11,19H2,1-4H3. The molecule has 1 fully saturated rings. The molecular formula is C18H30N2. The van der Waals surface area contributed by atoms with Crippen LogP contribution in [0.1, 0.15) is 64.1 Å². The second-order valence-corrected chi connectivity index (χ2v) is 7.47. The van der Waals surface area contributed by atoms with Crippen LogP contribution in [-0.4, -0.2) is 0 Å². The van der Waals surface area contributed by atoms with Crippen LogP contribution in [0.2, 0.25) is 0 Å². The summed E-state index contributed by atoms with van der Waals surface area (Å²) in [5.41, 5.74) is 6.25. The first-order valence-corrected chi connectivity index (χ1v) is 7.99. The fraction of sp³-hybridized carbons (Fsp3) is 0.667. The van der Waals surface area contributed by atoms with Crippen LogP contribution >= 0.6 is 0 Å². The molecule has 1 aliphatic rings. The van der Waals surface area contributed by atoms with E-state index in [0.29, 0.717) is 17.3 Å². The quantitative estimate of drug-likeness (QED) is 0.623. The molecule has 0 saturated heterocycles. The van der Waals surface area contributed by atoms with Crippen LogP contribution in [0.25, 0.3) is 0 Å². The number of hydrazine groups is 1. The van der Waals surface area contributed by atoms with Gasteiger partial charge in [0.15, 0.2) is 0 Å². The summed E-state index contributed by atoms with van der Waals surface area (Å²) in [6, 6.07) is 9.26. The Morgan fingerprint density at radius 3 is 2.65 bits per heavy atom. The molecule has 2 rings (SSSR count). The molecule has 0 radical (unpaired) electrons. The van der Waals surface area contributed by atoms with Crippen molar-refractivity contribution in [2.75, 3.05) is 0 Å². The largest absolute Gasteiger partial charge is 0.271 e. The van der Waals surface area contributed by atoms with Gasteiger partial charge in [-0.25, -0.2) is 0 Å². The summed E-state index contributed by atoms with van der Waals surface area (Å²) in [4.78, 5) is 0. The van der Waals surface area contributed by atoms with Crippen LogP contribution < -0.4 is 11.3 Å². The molecule has 1 aliphatic carbocycles. The normalized spacial score (nSPS) is 23.2. The van der Waals surface area contributed by atoms with E-state index in [0.717, 1.165) is 6.42 Å². The van der Waals surface area contributed by atoms with Gasteiger partial charge in [-0.15, -0.1) is 0 Å². The van der Waals surface area contributed by atoms with E-state index < -0.39 is 0 Å². The maximum Gasteiger partial charge on any atom is 0.0493 e. The van der Waals surface area contributed by atoms with Crippen LogP contribution in [0.5, 0.6) is 0 Å². The van der Waals surface area contributed by atoms with Crippen molar-refractivity contribution < 1.29 is 0 Å². The van der Waals surface area contributed by atoms with E-state index in [9.17, 15) is 0 Å². The molecule has 2 atom stereocenters. The third kappa shape index (κ3) is 3.42. The SMILES string of the molecule is CC(C)Cc1cccc(C(NN)C2CCCC2(C)C)c1. The molecule has 2 nitrogen and oxygen atoms in total. The Labute approximate surface area is 124 Å². The highest BCUT2D eigenvalue weighted by molar-refractivity contribution is 5.27. The average molecular weight is 274 g/mol. The van der Waals surface area contributed by atoms with E-state index in [4.69, 9.17) is 5.84 Å². The molecule has 112 valence electrons. The molecular weight excluding hydrogens is 244 g/mol. The minimum absolute atomic E-state index is 0.277. The zero-order chi connectivity index (χ0) is 14.8. The van der Waals surface area contributed by atoms with Crippen molar-refractivity contribution in [2.45, 2.75) is 59.4 Å². The summed E-state index contributed by atoms with van der Waals surface area (Å²) in [5.74, 6) is 7.23. The highest BCUT2D eigenvalue weighted by Gasteiger charge is 2.39. The zero-order valence-corrected chi connectivity index (χ0v) is 13.4. The van der Waals surface area contributed by atoms with Crippen LogP contribution in [0, 0.1) is 17.3 Å². The number of nitrogens with one attached hydrogen (secondary N) is 1. The van der Waals surface area contributed by atoms with Gasteiger partial charge in [0.25, 0.3) is 0 Å². The van der Waals surface area contributed by atoms with Gasteiger partial charge >= 0.3 is 0 Å². The molecule has 0 heterocycles. The first kappa shape index (κ1) is 15.5. The van der Waals surface area contributed by atoms with Gasteiger partial charge in [0.2, 0.25) is 0 Å². The minimum atomic E-state index is 0.277. The highest BCUT2D eigenvalue weighted by Crippen LogP contribution is 2.48. The number of benzene rings is 1. The monoisotopic (exact) mass is 274 g/mol. The molecule has 0 aliphatic heterocycles. The van der Waals surface area contributed by atoms with Crippen molar-refractivity contribution in [1.82, 2.24) is 5.43 Å². The highest BCUT2D eigenvalue weighted by atomic mass is 15.2. The zero-order valence-electron chi connectivity index (χ0n) is 13.4. The predicted octanol–water partition coefficient (Wildman–Crippen LogP) is 4.22. The Hall–Kier alpha value is -0.860. The topological polar surface area (TPSA) is 38.0 Å². The molecule has 1 aromatic carbocycles. The molecule has 1 saturated carbocycles. The summed E-state index contributed by atoms with van der Waals surface area (Å²) in [7, 11) is 0. The number of hydrogen-bond donors (Lipinski definition) is 2. The first-order chi connectivity index (χ1) is 9.44. The molecule has 2 heteroatoms. The Morgan fingerprint density at radius 1 is 1.35 bits per heavy atom. The van der Waals surface area contributed by atoms with Gasteiger partial charge in [-0.1, -0.05) is 58.4 Å². The summed E-state index contributed by atoms with van der Waals surface area (Å²) in [6.07, 6.45) is 5.04. The average Bonchev–Trinajstić information content (AvgIpc) is 2.70. The third-order valence-electron chi connectivity index (χ3n) is 4.88. The van der Waals surface area contributed by atoms with E-state index in [-0.39, 0.29) is 6.04 Å². The van der Waals surface area contributed by atoms with Crippen molar-refractivity contribution >= 4 is 0 Å². The van der Waals surface area contributed by atoms with E-state index >= 15 is 0 Å². The van der Waals surface area contributed by atoms with Gasteiger partial charge in [-0.2, -0.15) is 0 Å². The molecule has 1 aromatic rings. The van der Waals surface area contributed by atoms with Gasteiger partial charge in [-0.3, -0.25) is 11.3 Å². The molecule has 2 unspecified atom stereocenters. The number of hydrogen-bond acceptors (Lipinski definition) is 2. The van der Waals surface area contributed by atoms with Gasteiger partial charge in [0, 0.05) is 6.04 Å². The van der Waals surface area contributed by atoms with Crippen molar-refractivity contribution in [3.05, 3.63) is 35.4 Å². The molecule has 0 amide bonds. The second-order valence-electron chi connectivity index (χ2n) is 7.47. The lowest BCUT2D eigenvalue weighted by Gasteiger charge is -2.34. The van der Waals surface area contributed by atoms with E-state index in [2.05, 4.69) is 57.4 Å². The van der Waals surface area contributed by atoms with Gasteiger partial charge in [0.1, 0.15) is 0 Å². The van der Waals surface area contributed by atoms with E-state index in [1.807, 2.05) is 0 Å². The predicted molar refractivity (Wildman–Crippen MR) is 86.2 cm³/mol. The lowest BCUT2D eigenvalue weighted by Crippen LogP contribution is -2.37. The van der Waals surface area contributed by atoms with Gasteiger partial charge in [-0.05, 0) is 47.6 Å². The first-order valence-electron chi connectivity index (χ1n) is 7.99. The van der Waals surface area contributed by atoms with E-state index in [1.54, 1.807) is 0 Å². The summed E-state index contributed by atoms with van der Waals surface area (Å²) < 4.78 is 0. The molecule has 0 spiro atoms. The number of nitrogens with two attached hydrogens (primary N) is 1. The Bertz CT molecular complexity index is 437. The lowest BCUT2D eigenvalue weighted by molar-refractivity contribution is 0.198. The van der Waals surface area contributed by atoms with Gasteiger partial charge < -0.3 is 0 Å². The fourth-order valence-corrected chi connectivity index (χ4v) is 3.80. The molecule has 20 heavy (non-hydrogen) atoms. The molecule has 0 aromatic heterocycles. The minimum Gasteiger partial charge on any atom is -0.271 e. The van der Waals surface area contributed by atoms with Crippen molar-refractivity contribution in [1.29, 1.82) is 0 Å². The summed E-state index contributed by atoms with van der Waals surface area (Å²) >= 11 is 0. The van der Waals surface area contributed by atoms with Gasteiger partial charge in [0.05, 0.1) is 0 Å². The van der Waals surface area contributed by atoms with Crippen molar-refractivity contribution in [3.63, 3.8) is 0 Å². The lowest BCUT2D eigenvalue weighted by atomic mass is 9.75. The fourth-order valence-electron chi connectivity index (χ4n) is 3.80. The third-order valence-corrected chi connectivity index (χ3v) is 4.88. The van der Waals surface area contributed by atoms with Crippen LogP contribution in [0.3, 0.4) is 0 Å². The summed E-state index contributed by atoms with van der Waals surface area (Å²) in [5, 5.41) is 0.